The van der Waals surface area contributed by atoms with Crippen LogP contribution >= 0.6 is 0 Å². The second kappa shape index (κ2) is 13.2. The predicted molar refractivity (Wildman–Crippen MR) is 141 cm³/mol. The maximum atomic E-state index is 10.5. The molecular formula is C28H42N4O2. The quantitative estimate of drug-likeness (QED) is 0.390. The lowest BCUT2D eigenvalue weighted by Gasteiger charge is -2.40. The van der Waals surface area contributed by atoms with Crippen LogP contribution in [-0.4, -0.2) is 68.0 Å². The molecule has 0 radical (unpaired) electrons. The van der Waals surface area contributed by atoms with Crippen molar-refractivity contribution in [1.29, 1.82) is 0 Å². The van der Waals surface area contributed by atoms with Crippen LogP contribution in [0.15, 0.2) is 60.5 Å². The van der Waals surface area contributed by atoms with Gasteiger partial charge in [-0.2, -0.15) is 0 Å². The number of ether oxygens (including phenoxy) is 1. The lowest BCUT2D eigenvalue weighted by atomic mass is 9.95. The first-order valence-corrected chi connectivity index (χ1v) is 12.7. The van der Waals surface area contributed by atoms with E-state index >= 15 is 0 Å². The number of allylic oxidation sites excluding steroid dienone is 4. The molecule has 1 unspecified atom stereocenters. The van der Waals surface area contributed by atoms with Gasteiger partial charge in [-0.3, -0.25) is 4.90 Å². The van der Waals surface area contributed by atoms with Gasteiger partial charge in [-0.25, -0.2) is 0 Å². The molecule has 6 nitrogen and oxygen atoms in total. The highest BCUT2D eigenvalue weighted by Gasteiger charge is 2.24. The molecule has 0 aromatic heterocycles. The molecule has 2 heterocycles. The number of carbonyl (C=O) groups is 1. The van der Waals surface area contributed by atoms with Gasteiger partial charge in [0.15, 0.2) is 0 Å². The van der Waals surface area contributed by atoms with Crippen LogP contribution in [-0.2, 0) is 4.79 Å². The first kappa shape index (κ1) is 25.9. The number of nitrogens with two attached hydrogens (primary N) is 1. The maximum absolute atomic E-state index is 10.5. The summed E-state index contributed by atoms with van der Waals surface area (Å²) < 4.78 is 5.91. The minimum Gasteiger partial charge on any atom is -0.491 e. The lowest BCUT2D eigenvalue weighted by Crippen LogP contribution is -2.48. The van der Waals surface area contributed by atoms with Crippen LogP contribution in [0.25, 0.3) is 0 Å². The predicted octanol–water partition coefficient (Wildman–Crippen LogP) is 4.20. The van der Waals surface area contributed by atoms with Gasteiger partial charge in [-0.05, 0) is 81.5 Å². The van der Waals surface area contributed by atoms with Crippen LogP contribution in [0.5, 0.6) is 5.75 Å². The highest BCUT2D eigenvalue weighted by atomic mass is 16.5. The summed E-state index contributed by atoms with van der Waals surface area (Å²) in [4.78, 5) is 18.0. The van der Waals surface area contributed by atoms with Crippen molar-refractivity contribution in [2.24, 2.45) is 11.7 Å². The van der Waals surface area contributed by atoms with Crippen molar-refractivity contribution in [3.8, 4) is 5.75 Å². The summed E-state index contributed by atoms with van der Waals surface area (Å²) in [6.07, 6.45) is 10.7. The van der Waals surface area contributed by atoms with Crippen molar-refractivity contribution < 1.29 is 9.53 Å². The Labute approximate surface area is 205 Å². The molecule has 2 N–H and O–H groups in total. The number of hydrogen-bond acceptors (Lipinski definition) is 6. The second-order valence-electron chi connectivity index (χ2n) is 9.59. The summed E-state index contributed by atoms with van der Waals surface area (Å²) in [5, 5.41) is 0. The maximum Gasteiger partial charge on any atom is 0.120 e. The Bertz CT molecular complexity index is 828. The molecule has 1 atom stereocenters. The van der Waals surface area contributed by atoms with Crippen molar-refractivity contribution in [2.45, 2.75) is 45.6 Å². The number of rotatable bonds is 11. The van der Waals surface area contributed by atoms with Gasteiger partial charge in [0.1, 0.15) is 12.0 Å². The second-order valence-corrected chi connectivity index (χ2v) is 9.59. The van der Waals surface area contributed by atoms with E-state index in [1.54, 1.807) is 0 Å². The summed E-state index contributed by atoms with van der Waals surface area (Å²) in [5.41, 5.74) is 9.01. The van der Waals surface area contributed by atoms with E-state index in [1.807, 2.05) is 26.0 Å². The third-order valence-corrected chi connectivity index (χ3v) is 6.82. The first-order valence-electron chi connectivity index (χ1n) is 12.7. The molecule has 0 aliphatic carbocycles. The Balaban J connectivity index is 1.40. The van der Waals surface area contributed by atoms with Gasteiger partial charge in [-0.15, -0.1) is 0 Å². The smallest absolute Gasteiger partial charge is 0.120 e. The van der Waals surface area contributed by atoms with Crippen LogP contribution < -0.4 is 15.4 Å². The van der Waals surface area contributed by atoms with Gasteiger partial charge in [0.05, 0.1) is 6.10 Å². The molecule has 186 valence electrons. The number of nitrogens with zero attached hydrogens (tertiary/aromatic N) is 3. The molecule has 1 aromatic carbocycles. The van der Waals surface area contributed by atoms with Crippen LogP contribution in [0.4, 0.5) is 5.69 Å². The normalized spacial score (nSPS) is 19.7. The standard InChI is InChI=1S/C28H42N4O2/c1-4-26(8-7-23(2)29)32-19-17-30(18-20-32)22-25-13-15-31(16-14-25)27-9-11-28(12-10-27)34-24(3)6-5-21-33/h4,7-12,21,24-25H,1,5-6,13-20,22,29H2,2-3H3/b23-7+,26-8+. The summed E-state index contributed by atoms with van der Waals surface area (Å²) in [7, 11) is 0. The molecule has 2 aliphatic heterocycles. The van der Waals surface area contributed by atoms with Crippen LogP contribution in [0.2, 0.25) is 0 Å². The molecule has 2 saturated heterocycles. The van der Waals surface area contributed by atoms with E-state index in [4.69, 9.17) is 10.5 Å². The molecule has 2 fully saturated rings. The van der Waals surface area contributed by atoms with Crippen molar-refractivity contribution in [3.05, 3.63) is 60.5 Å². The monoisotopic (exact) mass is 466 g/mol. The highest BCUT2D eigenvalue weighted by Crippen LogP contribution is 2.26. The van der Waals surface area contributed by atoms with E-state index in [0.29, 0.717) is 6.42 Å². The zero-order chi connectivity index (χ0) is 24.3. The molecule has 0 bridgehead atoms. The number of piperazine rings is 1. The van der Waals surface area contributed by atoms with E-state index in [0.717, 1.165) is 75.0 Å². The lowest BCUT2D eigenvalue weighted by molar-refractivity contribution is -0.108. The van der Waals surface area contributed by atoms with E-state index in [2.05, 4.69) is 51.6 Å². The molecule has 6 heteroatoms. The van der Waals surface area contributed by atoms with Crippen LogP contribution in [0.1, 0.15) is 39.5 Å². The minimum absolute atomic E-state index is 0.0556. The summed E-state index contributed by atoms with van der Waals surface area (Å²) >= 11 is 0. The third kappa shape index (κ3) is 7.94. The zero-order valence-corrected chi connectivity index (χ0v) is 21.0. The Morgan fingerprint density at radius 3 is 2.38 bits per heavy atom. The van der Waals surface area contributed by atoms with E-state index in [1.165, 1.54) is 25.1 Å². The van der Waals surface area contributed by atoms with Gasteiger partial charge in [-0.1, -0.05) is 6.58 Å². The van der Waals surface area contributed by atoms with Gasteiger partial charge in [0.2, 0.25) is 0 Å². The fourth-order valence-electron chi connectivity index (χ4n) is 4.78. The van der Waals surface area contributed by atoms with Crippen molar-refractivity contribution in [3.63, 3.8) is 0 Å². The molecule has 0 saturated carbocycles. The fraction of sp³-hybridized carbons (Fsp3) is 0.536. The average Bonchev–Trinajstić information content (AvgIpc) is 2.85. The SMILES string of the molecule is C=C/C(=C\C=C(/C)N)N1CCN(CC2CCN(c3ccc(OC(C)CCC=O)cc3)CC2)CC1. The van der Waals surface area contributed by atoms with Crippen molar-refractivity contribution in [1.82, 2.24) is 9.80 Å². The zero-order valence-electron chi connectivity index (χ0n) is 21.0. The van der Waals surface area contributed by atoms with Gasteiger partial charge in [0.25, 0.3) is 0 Å². The number of piperidine rings is 1. The summed E-state index contributed by atoms with van der Waals surface area (Å²) in [6, 6.07) is 8.42. The van der Waals surface area contributed by atoms with Gasteiger partial charge < -0.3 is 25.1 Å². The highest BCUT2D eigenvalue weighted by molar-refractivity contribution is 5.50. The molecular weight excluding hydrogens is 424 g/mol. The fourth-order valence-corrected chi connectivity index (χ4v) is 4.78. The molecule has 34 heavy (non-hydrogen) atoms. The van der Waals surface area contributed by atoms with Crippen molar-refractivity contribution in [2.75, 3.05) is 50.7 Å². The molecule has 2 aliphatic rings. The van der Waals surface area contributed by atoms with E-state index < -0.39 is 0 Å². The Morgan fingerprint density at radius 2 is 1.79 bits per heavy atom. The molecule has 0 amide bonds. The van der Waals surface area contributed by atoms with E-state index in [-0.39, 0.29) is 6.10 Å². The number of aldehydes is 1. The molecule has 0 spiro atoms. The first-order chi connectivity index (χ1) is 16.5. The molecule has 1 aromatic rings. The number of benzene rings is 1. The third-order valence-electron chi connectivity index (χ3n) is 6.82. The Hall–Kier alpha value is -2.73. The van der Waals surface area contributed by atoms with Gasteiger partial charge in [0, 0.05) is 69.3 Å². The topological polar surface area (TPSA) is 62.0 Å². The summed E-state index contributed by atoms with van der Waals surface area (Å²) in [5.74, 6) is 1.64. The molecule has 3 rings (SSSR count). The minimum atomic E-state index is 0.0556. The van der Waals surface area contributed by atoms with Crippen LogP contribution in [0, 0.1) is 5.92 Å². The van der Waals surface area contributed by atoms with Gasteiger partial charge >= 0.3 is 0 Å². The number of anilines is 1. The Kier molecular flexibility index (Phi) is 10.1. The van der Waals surface area contributed by atoms with Crippen LogP contribution in [0.3, 0.4) is 0 Å². The number of carbonyl (C=O) groups excluding carboxylic acids is 1. The Morgan fingerprint density at radius 1 is 1.12 bits per heavy atom. The average molecular weight is 467 g/mol. The number of hydrogen-bond donors (Lipinski definition) is 1. The summed E-state index contributed by atoms with van der Waals surface area (Å²) in [6.45, 7) is 15.6. The largest absolute Gasteiger partial charge is 0.491 e. The van der Waals surface area contributed by atoms with Crippen molar-refractivity contribution >= 4 is 12.0 Å². The van der Waals surface area contributed by atoms with E-state index in [9.17, 15) is 4.79 Å².